The number of ether oxygens (including phenoxy) is 2. The summed E-state index contributed by atoms with van der Waals surface area (Å²) in [6, 6.07) is 3.87. The summed E-state index contributed by atoms with van der Waals surface area (Å²) in [7, 11) is 0. The van der Waals surface area contributed by atoms with Crippen molar-refractivity contribution in [2.75, 3.05) is 13.2 Å². The van der Waals surface area contributed by atoms with E-state index in [0.29, 0.717) is 17.1 Å². The van der Waals surface area contributed by atoms with E-state index in [1.54, 1.807) is 0 Å². The first-order valence-electron chi connectivity index (χ1n) is 10.1. The third-order valence-electron chi connectivity index (χ3n) is 5.81. The van der Waals surface area contributed by atoms with Gasteiger partial charge in [-0.15, -0.1) is 0 Å². The average Bonchev–Trinajstić information content (AvgIpc) is 2.96. The Labute approximate surface area is 166 Å². The van der Waals surface area contributed by atoms with Gasteiger partial charge in [0.05, 0.1) is 12.2 Å². The summed E-state index contributed by atoms with van der Waals surface area (Å²) >= 11 is 0. The smallest absolute Gasteiger partial charge is 0.338 e. The average molecular weight is 386 g/mol. The van der Waals surface area contributed by atoms with Crippen LogP contribution in [-0.2, 0) is 14.3 Å². The molecule has 1 heterocycles. The lowest BCUT2D eigenvalue weighted by Crippen LogP contribution is -2.39. The topological polar surface area (TPSA) is 72.8 Å². The second-order valence-corrected chi connectivity index (χ2v) is 8.35. The third-order valence-corrected chi connectivity index (χ3v) is 5.81. The van der Waals surface area contributed by atoms with Gasteiger partial charge in [0.15, 0.2) is 5.60 Å². The molecule has 2 fully saturated rings. The van der Waals surface area contributed by atoms with Gasteiger partial charge < -0.3 is 14.6 Å². The number of carbonyl (C=O) groups is 2. The number of rotatable bonds is 5. The number of esters is 2. The van der Waals surface area contributed by atoms with Gasteiger partial charge in [-0.25, -0.2) is 9.59 Å². The first-order valence-corrected chi connectivity index (χ1v) is 10.1. The molecule has 2 aliphatic rings. The summed E-state index contributed by atoms with van der Waals surface area (Å²) < 4.78 is 11.0. The maximum absolute atomic E-state index is 12.6. The second kappa shape index (κ2) is 8.48. The number of hydrogen-bond acceptors (Lipinski definition) is 5. The van der Waals surface area contributed by atoms with Crippen LogP contribution in [0.15, 0.2) is 23.8 Å². The standard InChI is InChI=1S/C23H30O5/c1-15-9-16(2)20(17(3)10-15)22(26)27-14-23(13-24)12-19(21(25)28-23)11-18-7-5-4-6-8-18/h9-11,18,24H,4-8,12-14H2,1-3H3/b19-11+. The van der Waals surface area contributed by atoms with Gasteiger partial charge in [-0.1, -0.05) is 43.0 Å². The van der Waals surface area contributed by atoms with Crippen LogP contribution in [0.2, 0.25) is 0 Å². The molecule has 28 heavy (non-hydrogen) atoms. The molecular formula is C23H30O5. The molecule has 3 rings (SSSR count). The molecular weight excluding hydrogens is 356 g/mol. The predicted octanol–water partition coefficient (Wildman–Crippen LogP) is 3.95. The number of allylic oxidation sites excluding steroid dienone is 1. The maximum atomic E-state index is 12.6. The van der Waals surface area contributed by atoms with Crippen molar-refractivity contribution in [1.29, 1.82) is 0 Å². The minimum absolute atomic E-state index is 0.150. The number of benzene rings is 1. The molecule has 5 nitrogen and oxygen atoms in total. The summed E-state index contributed by atoms with van der Waals surface area (Å²) in [6.45, 7) is 5.20. The quantitative estimate of drug-likeness (QED) is 0.613. The van der Waals surface area contributed by atoms with Gasteiger partial charge in [0.25, 0.3) is 0 Å². The Hall–Kier alpha value is -2.14. The van der Waals surface area contributed by atoms with E-state index in [4.69, 9.17) is 9.47 Å². The fourth-order valence-electron chi connectivity index (χ4n) is 4.42. The zero-order chi connectivity index (χ0) is 20.3. The van der Waals surface area contributed by atoms with E-state index in [-0.39, 0.29) is 19.6 Å². The molecule has 5 heteroatoms. The molecule has 1 atom stereocenters. The summed E-state index contributed by atoms with van der Waals surface area (Å²) in [4.78, 5) is 25.0. The molecule has 152 valence electrons. The van der Waals surface area contributed by atoms with Crippen molar-refractivity contribution in [2.24, 2.45) is 5.92 Å². The van der Waals surface area contributed by atoms with Crippen LogP contribution in [0.3, 0.4) is 0 Å². The van der Waals surface area contributed by atoms with E-state index in [2.05, 4.69) is 0 Å². The Morgan fingerprint density at radius 1 is 1.21 bits per heavy atom. The number of aliphatic hydroxyl groups is 1. The molecule has 0 bridgehead atoms. The van der Waals surface area contributed by atoms with Crippen molar-refractivity contribution < 1.29 is 24.2 Å². The number of carbonyl (C=O) groups excluding carboxylic acids is 2. The number of aliphatic hydroxyl groups excluding tert-OH is 1. The first-order chi connectivity index (χ1) is 13.3. The summed E-state index contributed by atoms with van der Waals surface area (Å²) in [5.41, 5.74) is 2.73. The molecule has 0 radical (unpaired) electrons. The van der Waals surface area contributed by atoms with E-state index in [1.807, 2.05) is 39.0 Å². The highest BCUT2D eigenvalue weighted by Gasteiger charge is 2.45. The molecule has 0 aromatic heterocycles. The lowest BCUT2D eigenvalue weighted by atomic mass is 9.86. The van der Waals surface area contributed by atoms with Crippen molar-refractivity contribution in [3.05, 3.63) is 46.0 Å². The largest absolute Gasteiger partial charge is 0.458 e. The molecule has 1 unspecified atom stereocenters. The van der Waals surface area contributed by atoms with Crippen LogP contribution in [0.1, 0.15) is 65.6 Å². The zero-order valence-electron chi connectivity index (χ0n) is 17.0. The van der Waals surface area contributed by atoms with Crippen LogP contribution in [0.4, 0.5) is 0 Å². The lowest BCUT2D eigenvalue weighted by molar-refractivity contribution is -0.154. The van der Waals surface area contributed by atoms with Crippen LogP contribution >= 0.6 is 0 Å². The molecule has 1 aromatic rings. The van der Waals surface area contributed by atoms with Crippen LogP contribution < -0.4 is 0 Å². The van der Waals surface area contributed by atoms with Gasteiger partial charge in [-0.3, -0.25) is 0 Å². The molecule has 1 aromatic carbocycles. The van der Waals surface area contributed by atoms with Crippen molar-refractivity contribution in [2.45, 2.75) is 64.9 Å². The minimum Gasteiger partial charge on any atom is -0.458 e. The lowest BCUT2D eigenvalue weighted by Gasteiger charge is -2.24. The minimum atomic E-state index is -1.18. The Morgan fingerprint density at radius 2 is 1.86 bits per heavy atom. The van der Waals surface area contributed by atoms with Gasteiger partial charge in [-0.2, -0.15) is 0 Å². The van der Waals surface area contributed by atoms with Crippen molar-refractivity contribution in [1.82, 2.24) is 0 Å². The van der Waals surface area contributed by atoms with E-state index < -0.39 is 17.5 Å². The molecule has 1 saturated carbocycles. The van der Waals surface area contributed by atoms with E-state index in [9.17, 15) is 14.7 Å². The Morgan fingerprint density at radius 3 is 2.46 bits per heavy atom. The van der Waals surface area contributed by atoms with Crippen LogP contribution in [-0.4, -0.2) is 35.9 Å². The highest BCUT2D eigenvalue weighted by Crippen LogP contribution is 2.34. The molecule has 1 aliphatic carbocycles. The first kappa shape index (κ1) is 20.6. The second-order valence-electron chi connectivity index (χ2n) is 8.35. The summed E-state index contributed by atoms with van der Waals surface area (Å²) in [5.74, 6) is -0.465. The number of hydrogen-bond donors (Lipinski definition) is 1. The third kappa shape index (κ3) is 4.46. The Balaban J connectivity index is 1.69. The van der Waals surface area contributed by atoms with Gasteiger partial charge >= 0.3 is 11.9 Å². The molecule has 1 aliphatic heterocycles. The fourth-order valence-corrected chi connectivity index (χ4v) is 4.42. The SMILES string of the molecule is Cc1cc(C)c(C(=O)OCC2(CO)C/C(=C\C3CCCCC3)C(=O)O2)c(C)c1. The number of cyclic esters (lactones) is 1. The predicted molar refractivity (Wildman–Crippen MR) is 106 cm³/mol. The normalized spacial score (nSPS) is 24.4. The van der Waals surface area contributed by atoms with Gasteiger partial charge in [-0.05, 0) is 50.7 Å². The Bertz CT molecular complexity index is 765. The van der Waals surface area contributed by atoms with Gasteiger partial charge in [0, 0.05) is 12.0 Å². The number of aryl methyl sites for hydroxylation is 3. The molecule has 0 spiro atoms. The molecule has 0 amide bonds. The van der Waals surface area contributed by atoms with Crippen molar-refractivity contribution >= 4 is 11.9 Å². The summed E-state index contributed by atoms with van der Waals surface area (Å²) in [6.07, 6.45) is 8.07. The van der Waals surface area contributed by atoms with E-state index in [1.165, 1.54) is 19.3 Å². The maximum Gasteiger partial charge on any atom is 0.338 e. The van der Waals surface area contributed by atoms with Gasteiger partial charge in [0.1, 0.15) is 6.61 Å². The van der Waals surface area contributed by atoms with Crippen molar-refractivity contribution in [3.8, 4) is 0 Å². The highest BCUT2D eigenvalue weighted by atomic mass is 16.6. The van der Waals surface area contributed by atoms with Crippen molar-refractivity contribution in [3.63, 3.8) is 0 Å². The zero-order valence-corrected chi connectivity index (χ0v) is 17.0. The molecule has 1 N–H and O–H groups in total. The van der Waals surface area contributed by atoms with Gasteiger partial charge in [0.2, 0.25) is 0 Å². The fraction of sp³-hybridized carbons (Fsp3) is 0.565. The van der Waals surface area contributed by atoms with Crippen LogP contribution in [0.25, 0.3) is 0 Å². The van der Waals surface area contributed by atoms with Crippen LogP contribution in [0.5, 0.6) is 0 Å². The monoisotopic (exact) mass is 386 g/mol. The Kier molecular flexibility index (Phi) is 6.23. The molecule has 1 saturated heterocycles. The highest BCUT2D eigenvalue weighted by molar-refractivity contribution is 5.93. The van der Waals surface area contributed by atoms with Crippen LogP contribution in [0, 0.1) is 26.7 Å². The van der Waals surface area contributed by atoms with E-state index in [0.717, 1.165) is 29.5 Å². The summed E-state index contributed by atoms with van der Waals surface area (Å²) in [5, 5.41) is 9.89. The van der Waals surface area contributed by atoms with E-state index >= 15 is 0 Å².